The zero-order valence-electron chi connectivity index (χ0n) is 11.4. The van der Waals surface area contributed by atoms with E-state index < -0.39 is 6.17 Å². The monoisotopic (exact) mass is 268 g/mol. The number of alkyl halides is 1. The molecule has 0 aliphatic heterocycles. The quantitative estimate of drug-likeness (QED) is 0.903. The van der Waals surface area contributed by atoms with Crippen LogP contribution in [0.25, 0.3) is 12.2 Å². The number of halogens is 1. The minimum Gasteiger partial charge on any atom is -0.379 e. The Labute approximate surface area is 118 Å². The molecule has 2 atom stereocenters. The van der Waals surface area contributed by atoms with Gasteiger partial charge in [-0.2, -0.15) is 0 Å². The van der Waals surface area contributed by atoms with Gasteiger partial charge < -0.3 is 5.32 Å². The van der Waals surface area contributed by atoms with Crippen molar-refractivity contribution in [2.24, 2.45) is 0 Å². The fraction of sp³-hybridized carbons (Fsp3) is 0.235. The van der Waals surface area contributed by atoms with Crippen LogP contribution in [0.5, 0.6) is 0 Å². The number of benzene rings is 1. The Bertz CT molecular complexity index is 602. The first-order valence-electron chi connectivity index (χ1n) is 6.82. The molecule has 2 aromatic rings. The number of aromatic nitrogens is 1. The molecule has 1 aliphatic rings. The molecule has 1 saturated carbocycles. The van der Waals surface area contributed by atoms with Crippen LogP contribution in [0.1, 0.15) is 23.2 Å². The Morgan fingerprint density at radius 2 is 1.75 bits per heavy atom. The van der Waals surface area contributed by atoms with Gasteiger partial charge in [0.2, 0.25) is 0 Å². The predicted molar refractivity (Wildman–Crippen MR) is 81.3 cm³/mol. The number of anilines is 1. The lowest BCUT2D eigenvalue weighted by Crippen LogP contribution is -2.03. The Hall–Kier alpha value is -2.16. The third-order valence-electron chi connectivity index (χ3n) is 3.38. The molecule has 1 heterocycles. The number of hydrogen-bond acceptors (Lipinski definition) is 2. The highest BCUT2D eigenvalue weighted by Crippen LogP contribution is 2.29. The van der Waals surface area contributed by atoms with Crippen LogP contribution in [-0.4, -0.2) is 17.2 Å². The summed E-state index contributed by atoms with van der Waals surface area (Å²) in [5.41, 5.74) is 4.19. The minimum absolute atomic E-state index is 0.00928. The Balaban J connectivity index is 1.63. The van der Waals surface area contributed by atoms with Gasteiger partial charge in [0.05, 0.1) is 6.04 Å². The standard InChI is InChI=1S/C17H17FN2/c1-12-2-3-14(11-19-12)5-4-13-6-8-15(9-7-13)20-17-10-16(17)18/h2-9,11,16-17,20H,10H2,1H3. The van der Waals surface area contributed by atoms with Crippen LogP contribution in [0, 0.1) is 6.92 Å². The number of rotatable bonds is 4. The van der Waals surface area contributed by atoms with Gasteiger partial charge in [0.25, 0.3) is 0 Å². The molecular weight excluding hydrogens is 251 g/mol. The van der Waals surface area contributed by atoms with Gasteiger partial charge >= 0.3 is 0 Å². The summed E-state index contributed by atoms with van der Waals surface area (Å²) in [6.07, 6.45) is 5.89. The highest BCUT2D eigenvalue weighted by Gasteiger charge is 2.37. The van der Waals surface area contributed by atoms with Gasteiger partial charge in [0, 0.05) is 24.0 Å². The molecule has 1 fully saturated rings. The van der Waals surface area contributed by atoms with E-state index >= 15 is 0 Å². The topological polar surface area (TPSA) is 24.9 Å². The van der Waals surface area contributed by atoms with Crippen LogP contribution in [0.15, 0.2) is 42.6 Å². The van der Waals surface area contributed by atoms with Crippen molar-refractivity contribution in [3.63, 3.8) is 0 Å². The molecule has 1 aromatic heterocycles. The molecule has 0 bridgehead atoms. The lowest BCUT2D eigenvalue weighted by molar-refractivity contribution is 0.472. The third kappa shape index (κ3) is 3.23. The van der Waals surface area contributed by atoms with Crippen LogP contribution in [0.3, 0.4) is 0 Å². The van der Waals surface area contributed by atoms with Crippen molar-refractivity contribution in [1.29, 1.82) is 0 Å². The highest BCUT2D eigenvalue weighted by molar-refractivity contribution is 5.70. The number of hydrogen-bond donors (Lipinski definition) is 1. The molecule has 0 saturated heterocycles. The molecule has 3 heteroatoms. The summed E-state index contributed by atoms with van der Waals surface area (Å²) in [5, 5.41) is 3.16. The van der Waals surface area contributed by atoms with E-state index in [1.807, 2.05) is 61.7 Å². The van der Waals surface area contributed by atoms with Crippen molar-refractivity contribution >= 4 is 17.8 Å². The van der Waals surface area contributed by atoms with Crippen molar-refractivity contribution in [2.75, 3.05) is 5.32 Å². The molecule has 2 unspecified atom stereocenters. The molecular formula is C17H17FN2. The molecule has 0 amide bonds. The smallest absolute Gasteiger partial charge is 0.122 e. The van der Waals surface area contributed by atoms with Crippen molar-refractivity contribution in [2.45, 2.75) is 25.6 Å². The number of nitrogens with one attached hydrogen (secondary N) is 1. The molecule has 0 radical (unpaired) electrons. The largest absolute Gasteiger partial charge is 0.379 e. The molecule has 20 heavy (non-hydrogen) atoms. The first-order chi connectivity index (χ1) is 9.70. The highest BCUT2D eigenvalue weighted by atomic mass is 19.1. The molecule has 2 nitrogen and oxygen atoms in total. The van der Waals surface area contributed by atoms with E-state index in [-0.39, 0.29) is 6.04 Å². The van der Waals surface area contributed by atoms with E-state index in [9.17, 15) is 4.39 Å². The number of aryl methyl sites for hydroxylation is 1. The average Bonchev–Trinajstić information content (AvgIpc) is 3.15. The molecule has 1 aromatic carbocycles. The Morgan fingerprint density at radius 1 is 1.10 bits per heavy atom. The Kier molecular flexibility index (Phi) is 3.50. The van der Waals surface area contributed by atoms with Crippen LogP contribution in [0.2, 0.25) is 0 Å². The summed E-state index contributed by atoms with van der Waals surface area (Å²) in [6, 6.07) is 12.1. The predicted octanol–water partition coefficient (Wildman–Crippen LogP) is 4.08. The summed E-state index contributed by atoms with van der Waals surface area (Å²) < 4.78 is 12.8. The van der Waals surface area contributed by atoms with E-state index in [0.29, 0.717) is 6.42 Å². The number of nitrogens with zero attached hydrogens (tertiary/aromatic N) is 1. The van der Waals surface area contributed by atoms with Gasteiger partial charge in [-0.05, 0) is 36.2 Å². The summed E-state index contributed by atoms with van der Waals surface area (Å²) >= 11 is 0. The molecule has 102 valence electrons. The fourth-order valence-electron chi connectivity index (χ4n) is 1.99. The minimum atomic E-state index is -0.677. The van der Waals surface area contributed by atoms with E-state index in [4.69, 9.17) is 0 Å². The van der Waals surface area contributed by atoms with Crippen molar-refractivity contribution in [1.82, 2.24) is 4.98 Å². The van der Waals surface area contributed by atoms with Crippen LogP contribution < -0.4 is 5.32 Å². The van der Waals surface area contributed by atoms with Crippen LogP contribution in [0.4, 0.5) is 10.1 Å². The molecule has 0 spiro atoms. The second-order valence-electron chi connectivity index (χ2n) is 5.19. The van der Waals surface area contributed by atoms with Gasteiger partial charge in [0.15, 0.2) is 0 Å². The van der Waals surface area contributed by atoms with Gasteiger partial charge in [0.1, 0.15) is 6.17 Å². The maximum absolute atomic E-state index is 12.8. The van der Waals surface area contributed by atoms with Gasteiger partial charge in [-0.25, -0.2) is 4.39 Å². The maximum Gasteiger partial charge on any atom is 0.122 e. The lowest BCUT2D eigenvalue weighted by atomic mass is 10.1. The van der Waals surface area contributed by atoms with Crippen molar-refractivity contribution < 1.29 is 4.39 Å². The van der Waals surface area contributed by atoms with E-state index in [2.05, 4.69) is 10.3 Å². The zero-order valence-corrected chi connectivity index (χ0v) is 11.4. The fourth-order valence-corrected chi connectivity index (χ4v) is 1.99. The average molecular weight is 268 g/mol. The van der Waals surface area contributed by atoms with Crippen molar-refractivity contribution in [3.8, 4) is 0 Å². The lowest BCUT2D eigenvalue weighted by Gasteiger charge is -2.04. The maximum atomic E-state index is 12.8. The second-order valence-corrected chi connectivity index (χ2v) is 5.19. The molecule has 3 rings (SSSR count). The van der Waals surface area contributed by atoms with Crippen LogP contribution in [-0.2, 0) is 0 Å². The summed E-state index contributed by atoms with van der Waals surface area (Å²) in [5.74, 6) is 0. The van der Waals surface area contributed by atoms with E-state index in [1.54, 1.807) is 0 Å². The van der Waals surface area contributed by atoms with E-state index in [1.165, 1.54) is 0 Å². The summed E-state index contributed by atoms with van der Waals surface area (Å²) in [7, 11) is 0. The first kappa shape index (κ1) is 12.9. The normalized spacial score (nSPS) is 21.1. The van der Waals surface area contributed by atoms with E-state index in [0.717, 1.165) is 22.5 Å². The van der Waals surface area contributed by atoms with Gasteiger partial charge in [-0.15, -0.1) is 0 Å². The SMILES string of the molecule is Cc1ccc(C=Cc2ccc(NC3CC3F)cc2)cn1. The molecule has 1 aliphatic carbocycles. The van der Waals surface area contributed by atoms with Gasteiger partial charge in [-0.1, -0.05) is 30.4 Å². The molecule has 1 N–H and O–H groups in total. The summed E-state index contributed by atoms with van der Waals surface area (Å²) in [6.45, 7) is 1.97. The van der Waals surface area contributed by atoms with Gasteiger partial charge in [-0.3, -0.25) is 4.98 Å². The zero-order chi connectivity index (χ0) is 13.9. The van der Waals surface area contributed by atoms with Crippen molar-refractivity contribution in [3.05, 3.63) is 59.4 Å². The van der Waals surface area contributed by atoms with Crippen LogP contribution >= 0.6 is 0 Å². The Morgan fingerprint density at radius 3 is 2.35 bits per heavy atom. The second kappa shape index (κ2) is 5.45. The first-order valence-corrected chi connectivity index (χ1v) is 6.82. The number of pyridine rings is 1. The third-order valence-corrected chi connectivity index (χ3v) is 3.38. The summed E-state index contributed by atoms with van der Waals surface area (Å²) in [4.78, 5) is 4.26.